The molecule has 110 valence electrons. The fourth-order valence-electron chi connectivity index (χ4n) is 1.76. The van der Waals surface area contributed by atoms with E-state index in [1.807, 2.05) is 13.8 Å². The first-order chi connectivity index (χ1) is 9.32. The molecule has 1 aliphatic rings. The number of carbonyl (C=O) groups is 1. The van der Waals surface area contributed by atoms with Gasteiger partial charge in [-0.25, -0.2) is 0 Å². The Balaban J connectivity index is 2.07. The highest BCUT2D eigenvalue weighted by atomic mass is 19.3. The second-order valence-electron chi connectivity index (χ2n) is 4.73. The van der Waals surface area contributed by atoms with Gasteiger partial charge in [0.2, 0.25) is 5.91 Å². The van der Waals surface area contributed by atoms with Gasteiger partial charge in [0.1, 0.15) is 0 Å². The van der Waals surface area contributed by atoms with Gasteiger partial charge in [0, 0.05) is 11.8 Å². The minimum atomic E-state index is -3.67. The van der Waals surface area contributed by atoms with Crippen molar-refractivity contribution in [1.29, 1.82) is 0 Å². The van der Waals surface area contributed by atoms with Crippen LogP contribution in [-0.2, 0) is 4.79 Å². The van der Waals surface area contributed by atoms with Crippen molar-refractivity contribution in [3.63, 3.8) is 0 Å². The van der Waals surface area contributed by atoms with Crippen LogP contribution in [0.15, 0.2) is 18.2 Å². The first kappa shape index (κ1) is 14.5. The molecule has 1 aromatic carbocycles. The molecule has 0 spiro atoms. The van der Waals surface area contributed by atoms with Gasteiger partial charge in [-0.1, -0.05) is 20.3 Å². The molecule has 7 heteroatoms. The first-order valence-electron chi connectivity index (χ1n) is 6.28. The van der Waals surface area contributed by atoms with Crippen molar-refractivity contribution < 1.29 is 23.0 Å². The number of nitrogens with two attached hydrogens (primary N) is 1. The van der Waals surface area contributed by atoms with Crippen LogP contribution < -0.4 is 20.5 Å². The van der Waals surface area contributed by atoms with Gasteiger partial charge in [-0.05, 0) is 18.1 Å². The molecule has 1 amide bonds. The minimum absolute atomic E-state index is 0.0216. The first-order valence-corrected chi connectivity index (χ1v) is 6.28. The van der Waals surface area contributed by atoms with Crippen molar-refractivity contribution in [3.05, 3.63) is 18.2 Å². The average molecular weight is 286 g/mol. The van der Waals surface area contributed by atoms with E-state index in [0.717, 1.165) is 6.42 Å². The molecule has 1 aromatic rings. The zero-order valence-electron chi connectivity index (χ0n) is 11.2. The van der Waals surface area contributed by atoms with E-state index >= 15 is 0 Å². The van der Waals surface area contributed by atoms with Crippen LogP contribution in [0.2, 0.25) is 0 Å². The summed E-state index contributed by atoms with van der Waals surface area (Å²) in [6, 6.07) is 3.37. The number of alkyl halides is 2. The summed E-state index contributed by atoms with van der Waals surface area (Å²) in [7, 11) is 0. The molecular formula is C13H16F2N2O3. The van der Waals surface area contributed by atoms with Crippen molar-refractivity contribution in [3.8, 4) is 11.5 Å². The second kappa shape index (κ2) is 5.24. The number of hydrogen-bond acceptors (Lipinski definition) is 4. The van der Waals surface area contributed by atoms with Crippen LogP contribution in [0.25, 0.3) is 0 Å². The highest BCUT2D eigenvalue weighted by Crippen LogP contribution is 2.42. The molecule has 0 saturated heterocycles. The fourth-order valence-corrected chi connectivity index (χ4v) is 1.76. The van der Waals surface area contributed by atoms with Crippen LogP contribution in [0, 0.1) is 5.92 Å². The molecule has 0 saturated carbocycles. The smallest absolute Gasteiger partial charge is 0.395 e. The van der Waals surface area contributed by atoms with Crippen LogP contribution >= 0.6 is 0 Å². The maximum Gasteiger partial charge on any atom is 0.586 e. The van der Waals surface area contributed by atoms with Crippen LogP contribution in [0.4, 0.5) is 14.5 Å². The predicted octanol–water partition coefficient (Wildman–Crippen LogP) is 2.32. The van der Waals surface area contributed by atoms with Crippen molar-refractivity contribution in [2.24, 2.45) is 11.7 Å². The van der Waals surface area contributed by atoms with Gasteiger partial charge in [-0.15, -0.1) is 8.78 Å². The number of halogens is 2. The van der Waals surface area contributed by atoms with E-state index in [-0.39, 0.29) is 23.3 Å². The van der Waals surface area contributed by atoms with Gasteiger partial charge in [-0.2, -0.15) is 0 Å². The molecule has 0 fully saturated rings. The van der Waals surface area contributed by atoms with E-state index in [1.165, 1.54) is 18.2 Å². The van der Waals surface area contributed by atoms with Crippen molar-refractivity contribution in [2.75, 3.05) is 5.32 Å². The molecule has 2 unspecified atom stereocenters. The van der Waals surface area contributed by atoms with Gasteiger partial charge < -0.3 is 20.5 Å². The van der Waals surface area contributed by atoms with Gasteiger partial charge in [0.05, 0.1) is 6.04 Å². The molecule has 1 aliphatic heterocycles. The van der Waals surface area contributed by atoms with Crippen molar-refractivity contribution >= 4 is 11.6 Å². The molecular weight excluding hydrogens is 270 g/mol. The number of fused-ring (bicyclic) bond motifs is 1. The predicted molar refractivity (Wildman–Crippen MR) is 68.7 cm³/mol. The summed E-state index contributed by atoms with van der Waals surface area (Å²) in [5.74, 6) is -0.539. The lowest BCUT2D eigenvalue weighted by Gasteiger charge is -2.17. The number of nitrogens with one attached hydrogen (secondary N) is 1. The summed E-state index contributed by atoms with van der Waals surface area (Å²) in [5.41, 5.74) is 6.11. The van der Waals surface area contributed by atoms with E-state index in [0.29, 0.717) is 5.69 Å². The third-order valence-corrected chi connectivity index (χ3v) is 3.23. The molecule has 0 bridgehead atoms. The topological polar surface area (TPSA) is 73.6 Å². The summed E-state index contributed by atoms with van der Waals surface area (Å²) in [6.45, 7) is 3.80. The summed E-state index contributed by atoms with van der Waals surface area (Å²) in [4.78, 5) is 11.9. The van der Waals surface area contributed by atoms with E-state index in [1.54, 1.807) is 0 Å². The lowest BCUT2D eigenvalue weighted by molar-refractivity contribution is -0.286. The summed E-state index contributed by atoms with van der Waals surface area (Å²) in [5, 5.41) is 2.57. The minimum Gasteiger partial charge on any atom is -0.395 e. The second-order valence-corrected chi connectivity index (χ2v) is 4.73. The zero-order valence-corrected chi connectivity index (χ0v) is 11.2. The Bertz CT molecular complexity index is 522. The van der Waals surface area contributed by atoms with Crippen LogP contribution in [0.5, 0.6) is 11.5 Å². The van der Waals surface area contributed by atoms with Crippen molar-refractivity contribution in [1.82, 2.24) is 0 Å². The quantitative estimate of drug-likeness (QED) is 0.891. The maximum atomic E-state index is 12.9. The molecule has 3 N–H and O–H groups in total. The number of benzene rings is 1. The highest BCUT2D eigenvalue weighted by molar-refractivity contribution is 5.95. The average Bonchev–Trinajstić information content (AvgIpc) is 2.69. The Labute approximate surface area is 115 Å². The molecule has 20 heavy (non-hydrogen) atoms. The number of amides is 1. The number of ether oxygens (including phenoxy) is 2. The number of carbonyl (C=O) groups excluding carboxylic acids is 1. The largest absolute Gasteiger partial charge is 0.586 e. The molecule has 0 radical (unpaired) electrons. The van der Waals surface area contributed by atoms with E-state index in [9.17, 15) is 13.6 Å². The molecule has 2 atom stereocenters. The van der Waals surface area contributed by atoms with Crippen LogP contribution in [0.3, 0.4) is 0 Å². The summed E-state index contributed by atoms with van der Waals surface area (Å²) in [6.07, 6.45) is -2.90. The lowest BCUT2D eigenvalue weighted by atomic mass is 9.99. The molecule has 1 heterocycles. The van der Waals surface area contributed by atoms with Gasteiger partial charge in [0.25, 0.3) is 0 Å². The Morgan fingerprint density at radius 1 is 1.40 bits per heavy atom. The third-order valence-electron chi connectivity index (χ3n) is 3.23. The fraction of sp³-hybridized carbons (Fsp3) is 0.462. The highest BCUT2D eigenvalue weighted by Gasteiger charge is 2.43. The SMILES string of the molecule is CCC(C)C(N)C(=O)Nc1ccc2c(c1)OC(F)(F)O2. The van der Waals surface area contributed by atoms with Gasteiger partial charge in [0.15, 0.2) is 11.5 Å². The Morgan fingerprint density at radius 3 is 2.70 bits per heavy atom. The van der Waals surface area contributed by atoms with E-state index in [2.05, 4.69) is 14.8 Å². The van der Waals surface area contributed by atoms with E-state index in [4.69, 9.17) is 5.73 Å². The van der Waals surface area contributed by atoms with E-state index < -0.39 is 12.3 Å². The number of anilines is 1. The molecule has 2 rings (SSSR count). The summed E-state index contributed by atoms with van der Waals surface area (Å²) >= 11 is 0. The third kappa shape index (κ3) is 2.98. The monoisotopic (exact) mass is 286 g/mol. The normalized spacial score (nSPS) is 18.4. The Hall–Kier alpha value is -1.89. The lowest BCUT2D eigenvalue weighted by Crippen LogP contribution is -2.40. The van der Waals surface area contributed by atoms with Gasteiger partial charge in [-0.3, -0.25) is 4.79 Å². The Morgan fingerprint density at radius 2 is 2.05 bits per heavy atom. The number of rotatable bonds is 4. The molecule has 5 nitrogen and oxygen atoms in total. The number of hydrogen-bond donors (Lipinski definition) is 2. The summed E-state index contributed by atoms with van der Waals surface area (Å²) < 4.78 is 34.3. The maximum absolute atomic E-state index is 12.9. The van der Waals surface area contributed by atoms with Crippen molar-refractivity contribution in [2.45, 2.75) is 32.6 Å². The van der Waals surface area contributed by atoms with Crippen LogP contribution in [-0.4, -0.2) is 18.2 Å². The zero-order chi connectivity index (χ0) is 14.9. The molecule has 0 aliphatic carbocycles. The molecule has 0 aromatic heterocycles. The standard InChI is InChI=1S/C13H16F2N2O3/c1-3-7(2)11(16)12(18)17-8-4-5-9-10(6-8)20-13(14,15)19-9/h4-7,11H,3,16H2,1-2H3,(H,17,18). The Kier molecular flexibility index (Phi) is 3.80. The van der Waals surface area contributed by atoms with Gasteiger partial charge >= 0.3 is 6.29 Å². The van der Waals surface area contributed by atoms with Crippen LogP contribution in [0.1, 0.15) is 20.3 Å².